The lowest BCUT2D eigenvalue weighted by Gasteiger charge is -2.24. The monoisotopic (exact) mass is 499 g/mol. The summed E-state index contributed by atoms with van der Waals surface area (Å²) in [6, 6.07) is 6.98. The molecule has 1 aliphatic carbocycles. The summed E-state index contributed by atoms with van der Waals surface area (Å²) in [5.74, 6) is 5.24. The average molecular weight is 500 g/mol. The van der Waals surface area contributed by atoms with Gasteiger partial charge in [-0.05, 0) is 60.3 Å². The van der Waals surface area contributed by atoms with Crippen LogP contribution in [-0.2, 0) is 21.5 Å². The lowest BCUT2D eigenvalue weighted by molar-refractivity contribution is 0.159. The fourth-order valence-electron chi connectivity index (χ4n) is 3.85. The number of carbonyl (C=O) groups is 1. The van der Waals surface area contributed by atoms with Crippen molar-refractivity contribution in [2.45, 2.75) is 50.0 Å². The van der Waals surface area contributed by atoms with Crippen molar-refractivity contribution in [1.82, 2.24) is 34.9 Å². The molecular formula is C22H29N9O3S. The number of aromatic nitrogens is 6. The van der Waals surface area contributed by atoms with Gasteiger partial charge in [0.1, 0.15) is 5.82 Å². The number of anilines is 3. The van der Waals surface area contributed by atoms with E-state index in [0.29, 0.717) is 39.8 Å². The Morgan fingerprint density at radius 1 is 1.23 bits per heavy atom. The first-order valence-electron chi connectivity index (χ1n) is 11.4. The maximum atomic E-state index is 12.8. The van der Waals surface area contributed by atoms with Gasteiger partial charge >= 0.3 is 6.09 Å². The van der Waals surface area contributed by atoms with E-state index in [0.717, 1.165) is 12.8 Å². The minimum Gasteiger partial charge on any atom is -0.449 e. The van der Waals surface area contributed by atoms with Crippen molar-refractivity contribution in [2.75, 3.05) is 17.2 Å². The lowest BCUT2D eigenvalue weighted by Crippen LogP contribution is -2.30. The highest BCUT2D eigenvalue weighted by Gasteiger charge is 2.20. The fourth-order valence-corrected chi connectivity index (χ4v) is 4.88. The molecule has 1 atom stereocenters. The van der Waals surface area contributed by atoms with Crippen LogP contribution in [0.3, 0.4) is 0 Å². The highest BCUT2D eigenvalue weighted by Crippen LogP contribution is 2.29. The molecule has 12 nitrogen and oxygen atoms in total. The summed E-state index contributed by atoms with van der Waals surface area (Å²) in [5.41, 5.74) is 1.39. The molecule has 13 heteroatoms. The Bertz CT molecular complexity index is 1270. The van der Waals surface area contributed by atoms with Gasteiger partial charge in [-0.25, -0.2) is 23.4 Å². The Morgan fingerprint density at radius 2 is 1.97 bits per heavy atom. The highest BCUT2D eigenvalue weighted by molar-refractivity contribution is 7.99. The van der Waals surface area contributed by atoms with Crippen molar-refractivity contribution in [3.8, 4) is 11.4 Å². The number of hydrogen-bond donors (Lipinski definition) is 3. The minimum atomic E-state index is -3.04. The van der Waals surface area contributed by atoms with Gasteiger partial charge in [0.15, 0.2) is 5.82 Å². The van der Waals surface area contributed by atoms with Crippen LogP contribution in [0, 0.1) is 0 Å². The molecule has 186 valence electrons. The Labute approximate surface area is 204 Å². The maximum Gasteiger partial charge on any atom is 0.418 e. The third kappa shape index (κ3) is 6.04. The van der Waals surface area contributed by atoms with Gasteiger partial charge in [0.2, 0.25) is 5.95 Å². The average Bonchev–Trinajstić information content (AvgIpc) is 3.26. The lowest BCUT2D eigenvalue weighted by atomic mass is 9.95. The molecule has 0 radical (unpaired) electrons. The molecule has 1 amide bonds. The molecule has 0 spiro atoms. The van der Waals surface area contributed by atoms with Gasteiger partial charge in [0.05, 0.1) is 21.9 Å². The highest BCUT2D eigenvalue weighted by atomic mass is 32.2. The minimum absolute atomic E-state index is 0.174. The molecule has 1 aliphatic rings. The van der Waals surface area contributed by atoms with Gasteiger partial charge in [-0.3, -0.25) is 0 Å². The van der Waals surface area contributed by atoms with Crippen LogP contribution in [0.15, 0.2) is 35.4 Å². The number of carbonyl (C=O) groups excluding carboxylic acids is 1. The standard InChI is InChI=1S/C22H29N9O3S/c1-4-34-22(32)28-35(3,33)17-12-10-16(11-13-17)25-21-23-14-18(20-27-29-30-31(20)2)19(26-21)24-15-8-6-5-7-9-15/h10-15H,3-9H2,1-2H3,(H,28,32,33)(H2,23,24,25,26). The SMILES string of the molecule is C=S(=O)(NC(=O)OCC)c1ccc(Nc2ncc(-c3nnnn3C)c(NC3CCCCC3)n2)cc1. The predicted octanol–water partition coefficient (Wildman–Crippen LogP) is 2.89. The summed E-state index contributed by atoms with van der Waals surface area (Å²) >= 11 is 0. The van der Waals surface area contributed by atoms with Crippen LogP contribution in [-0.4, -0.2) is 59.0 Å². The van der Waals surface area contributed by atoms with E-state index in [-0.39, 0.29) is 6.61 Å². The molecule has 0 bridgehead atoms. The summed E-state index contributed by atoms with van der Waals surface area (Å²) in [7, 11) is -1.28. The molecular weight excluding hydrogens is 470 g/mol. The van der Waals surface area contributed by atoms with Gasteiger partial charge in [0, 0.05) is 29.9 Å². The third-order valence-electron chi connectivity index (χ3n) is 5.61. The van der Waals surface area contributed by atoms with Crippen molar-refractivity contribution in [2.24, 2.45) is 7.05 Å². The Balaban J connectivity index is 1.54. The van der Waals surface area contributed by atoms with Crippen molar-refractivity contribution in [1.29, 1.82) is 0 Å². The number of benzene rings is 1. The van der Waals surface area contributed by atoms with E-state index in [1.807, 2.05) is 0 Å². The van der Waals surface area contributed by atoms with Crippen LogP contribution in [0.4, 0.5) is 22.2 Å². The molecule has 1 unspecified atom stereocenters. The van der Waals surface area contributed by atoms with Gasteiger partial charge in [-0.15, -0.1) is 5.10 Å². The Morgan fingerprint density at radius 3 is 2.63 bits per heavy atom. The van der Waals surface area contributed by atoms with E-state index in [1.165, 1.54) is 19.3 Å². The van der Waals surface area contributed by atoms with E-state index in [2.05, 4.69) is 41.7 Å². The second-order valence-electron chi connectivity index (χ2n) is 8.21. The zero-order chi connectivity index (χ0) is 24.8. The smallest absolute Gasteiger partial charge is 0.418 e. The molecule has 1 fully saturated rings. The molecule has 4 rings (SSSR count). The topological polar surface area (TPSA) is 149 Å². The number of nitrogens with one attached hydrogen (secondary N) is 3. The van der Waals surface area contributed by atoms with E-state index < -0.39 is 15.8 Å². The summed E-state index contributed by atoms with van der Waals surface area (Å²) in [4.78, 5) is 21.2. The van der Waals surface area contributed by atoms with Crippen LogP contribution >= 0.6 is 0 Å². The third-order valence-corrected chi connectivity index (χ3v) is 7.14. The van der Waals surface area contributed by atoms with Crippen LogP contribution in [0.5, 0.6) is 0 Å². The maximum absolute atomic E-state index is 12.8. The van der Waals surface area contributed by atoms with E-state index in [4.69, 9.17) is 9.72 Å². The number of tetrazole rings is 1. The number of ether oxygens (including phenoxy) is 1. The summed E-state index contributed by atoms with van der Waals surface area (Å²) in [6.45, 7) is 1.84. The van der Waals surface area contributed by atoms with Crippen molar-refractivity contribution >= 4 is 39.1 Å². The molecule has 0 saturated heterocycles. The van der Waals surface area contributed by atoms with Gasteiger partial charge in [-0.2, -0.15) is 4.98 Å². The first-order valence-corrected chi connectivity index (χ1v) is 13.1. The predicted molar refractivity (Wildman–Crippen MR) is 134 cm³/mol. The van der Waals surface area contributed by atoms with Gasteiger partial charge in [0.25, 0.3) is 0 Å². The molecule has 2 aromatic heterocycles. The van der Waals surface area contributed by atoms with E-state index >= 15 is 0 Å². The largest absolute Gasteiger partial charge is 0.449 e. The van der Waals surface area contributed by atoms with Crippen LogP contribution in [0.2, 0.25) is 0 Å². The molecule has 1 aromatic carbocycles. The van der Waals surface area contributed by atoms with Gasteiger partial charge < -0.3 is 15.4 Å². The van der Waals surface area contributed by atoms with E-state index in [1.54, 1.807) is 49.1 Å². The fraction of sp³-hybridized carbons (Fsp3) is 0.409. The first-order chi connectivity index (χ1) is 16.9. The summed E-state index contributed by atoms with van der Waals surface area (Å²) in [6.07, 6.45) is 6.68. The number of amides is 1. The Kier molecular flexibility index (Phi) is 7.44. The molecule has 35 heavy (non-hydrogen) atoms. The zero-order valence-corrected chi connectivity index (χ0v) is 20.5. The molecule has 1 saturated carbocycles. The van der Waals surface area contributed by atoms with Crippen LogP contribution < -0.4 is 15.4 Å². The number of rotatable bonds is 8. The quantitative estimate of drug-likeness (QED) is 0.395. The zero-order valence-electron chi connectivity index (χ0n) is 19.7. The van der Waals surface area contributed by atoms with Gasteiger partial charge in [-0.1, -0.05) is 19.3 Å². The van der Waals surface area contributed by atoms with Crippen LogP contribution in [0.25, 0.3) is 11.4 Å². The molecule has 3 aromatic rings. The molecule has 2 heterocycles. The summed E-state index contributed by atoms with van der Waals surface area (Å²) in [5, 5.41) is 18.5. The number of hydrogen-bond acceptors (Lipinski definition) is 10. The second kappa shape index (κ2) is 10.7. The number of aryl methyl sites for hydroxylation is 1. The number of nitrogens with zero attached hydrogens (tertiary/aromatic N) is 6. The van der Waals surface area contributed by atoms with Crippen molar-refractivity contribution in [3.63, 3.8) is 0 Å². The van der Waals surface area contributed by atoms with E-state index in [9.17, 15) is 9.00 Å². The molecule has 0 aliphatic heterocycles. The molecule has 3 N–H and O–H groups in total. The van der Waals surface area contributed by atoms with Crippen molar-refractivity contribution < 1.29 is 13.7 Å². The first kappa shape index (κ1) is 24.4. The second-order valence-corrected chi connectivity index (χ2v) is 10.2. The van der Waals surface area contributed by atoms with Crippen molar-refractivity contribution in [3.05, 3.63) is 30.5 Å². The normalized spacial score (nSPS) is 15.7. The Hall–Kier alpha value is -3.74. The summed E-state index contributed by atoms with van der Waals surface area (Å²) < 4.78 is 21.4. The van der Waals surface area contributed by atoms with Crippen LogP contribution in [0.1, 0.15) is 39.0 Å².